The van der Waals surface area contributed by atoms with Gasteiger partial charge in [0.1, 0.15) is 17.7 Å². The van der Waals surface area contributed by atoms with Crippen molar-refractivity contribution >= 4 is 11.8 Å². The second-order valence-corrected chi connectivity index (χ2v) is 7.95. The van der Waals surface area contributed by atoms with Crippen LogP contribution in [0, 0.1) is 17.1 Å². The summed E-state index contributed by atoms with van der Waals surface area (Å²) in [5, 5.41) is 12.4. The van der Waals surface area contributed by atoms with Crippen LogP contribution in [0.25, 0.3) is 22.5 Å². The van der Waals surface area contributed by atoms with E-state index in [1.54, 1.807) is 24.7 Å². The number of halogens is 1. The fourth-order valence-electron chi connectivity index (χ4n) is 3.77. The molecular weight excluding hydrogens is 407 g/mol. The summed E-state index contributed by atoms with van der Waals surface area (Å²) in [6.45, 7) is 1.72. The van der Waals surface area contributed by atoms with E-state index in [1.165, 1.54) is 12.1 Å². The summed E-state index contributed by atoms with van der Waals surface area (Å²) < 4.78 is 14.4. The van der Waals surface area contributed by atoms with Gasteiger partial charge >= 0.3 is 0 Å². The number of hydrogen-bond acceptors (Lipinski definition) is 8. The number of benzene rings is 1. The molecule has 9 heteroatoms. The van der Waals surface area contributed by atoms with Crippen molar-refractivity contribution in [2.24, 2.45) is 0 Å². The molecule has 1 saturated heterocycles. The number of nitriles is 1. The Kier molecular flexibility index (Phi) is 6.23. The van der Waals surface area contributed by atoms with E-state index in [9.17, 15) is 4.39 Å². The zero-order valence-electron chi connectivity index (χ0n) is 18.4. The van der Waals surface area contributed by atoms with Crippen molar-refractivity contribution in [1.29, 1.82) is 5.26 Å². The lowest BCUT2D eigenvalue weighted by Gasteiger charge is -2.32. The Hall–Kier alpha value is -3.64. The van der Waals surface area contributed by atoms with Crippen LogP contribution in [0.2, 0.25) is 0 Å². The summed E-state index contributed by atoms with van der Waals surface area (Å²) in [5.74, 6) is 0.739. The molecule has 0 aliphatic carbocycles. The maximum atomic E-state index is 14.4. The Morgan fingerprint density at radius 2 is 1.78 bits per heavy atom. The van der Waals surface area contributed by atoms with E-state index in [0.29, 0.717) is 34.5 Å². The maximum absolute atomic E-state index is 14.4. The smallest absolute Gasteiger partial charge is 0.224 e. The topological polar surface area (TPSA) is 93.9 Å². The van der Waals surface area contributed by atoms with Gasteiger partial charge in [0.25, 0.3) is 0 Å². The summed E-state index contributed by atoms with van der Waals surface area (Å²) in [4.78, 5) is 22.3. The second-order valence-electron chi connectivity index (χ2n) is 7.95. The first kappa shape index (κ1) is 21.6. The molecule has 2 aromatic heterocycles. The highest BCUT2D eigenvalue weighted by Crippen LogP contribution is 2.32. The van der Waals surface area contributed by atoms with Gasteiger partial charge in [-0.15, -0.1) is 0 Å². The summed E-state index contributed by atoms with van der Waals surface area (Å²) in [6.07, 6.45) is 7.15. The molecule has 3 aromatic rings. The fraction of sp³-hybridized carbons (Fsp3) is 0.348. The molecule has 0 bridgehead atoms. The SMILES string of the molecule is CNC1CCN(c2cnc(-c3cnc(N(C)C)nc3)c(-c3ccc(C#N)c(F)c3)n2)CC1. The molecule has 0 amide bonds. The molecule has 32 heavy (non-hydrogen) atoms. The van der Waals surface area contributed by atoms with Crippen molar-refractivity contribution < 1.29 is 4.39 Å². The van der Waals surface area contributed by atoms with Crippen molar-refractivity contribution in [3.8, 4) is 28.6 Å². The van der Waals surface area contributed by atoms with Crippen LogP contribution in [0.5, 0.6) is 0 Å². The van der Waals surface area contributed by atoms with Crippen molar-refractivity contribution in [1.82, 2.24) is 25.3 Å². The number of nitrogens with zero attached hydrogens (tertiary/aromatic N) is 7. The van der Waals surface area contributed by atoms with Gasteiger partial charge in [0, 0.05) is 56.7 Å². The molecule has 0 saturated carbocycles. The van der Waals surface area contributed by atoms with E-state index >= 15 is 0 Å². The maximum Gasteiger partial charge on any atom is 0.224 e. The molecule has 164 valence electrons. The molecule has 1 aliphatic rings. The molecule has 3 heterocycles. The first-order valence-corrected chi connectivity index (χ1v) is 10.5. The van der Waals surface area contributed by atoms with Gasteiger partial charge in [0.2, 0.25) is 5.95 Å². The van der Waals surface area contributed by atoms with E-state index in [4.69, 9.17) is 10.2 Å². The highest BCUT2D eigenvalue weighted by molar-refractivity contribution is 5.78. The van der Waals surface area contributed by atoms with Crippen LogP contribution in [0.1, 0.15) is 18.4 Å². The lowest BCUT2D eigenvalue weighted by atomic mass is 10.0. The normalized spacial score (nSPS) is 14.3. The molecule has 0 spiro atoms. The minimum Gasteiger partial charge on any atom is -0.355 e. The third-order valence-corrected chi connectivity index (χ3v) is 5.66. The Bertz CT molecular complexity index is 1130. The Balaban J connectivity index is 1.77. The van der Waals surface area contributed by atoms with Gasteiger partial charge in [0.05, 0.1) is 23.1 Å². The largest absolute Gasteiger partial charge is 0.355 e. The van der Waals surface area contributed by atoms with Gasteiger partial charge in [-0.25, -0.2) is 24.3 Å². The van der Waals surface area contributed by atoms with Gasteiger partial charge in [0.15, 0.2) is 0 Å². The first-order chi connectivity index (χ1) is 15.5. The highest BCUT2D eigenvalue weighted by Gasteiger charge is 2.22. The van der Waals surface area contributed by atoms with Crippen LogP contribution in [0.3, 0.4) is 0 Å². The summed E-state index contributed by atoms with van der Waals surface area (Å²) in [5.41, 5.74) is 2.32. The van der Waals surface area contributed by atoms with Gasteiger partial charge in [-0.05, 0) is 32.0 Å². The van der Waals surface area contributed by atoms with Crippen molar-refractivity contribution in [2.45, 2.75) is 18.9 Å². The molecule has 0 radical (unpaired) electrons. The van der Waals surface area contributed by atoms with Crippen LogP contribution in [-0.2, 0) is 0 Å². The predicted molar refractivity (Wildman–Crippen MR) is 122 cm³/mol. The van der Waals surface area contributed by atoms with E-state index in [1.807, 2.05) is 32.1 Å². The Labute approximate surface area is 186 Å². The summed E-state index contributed by atoms with van der Waals surface area (Å²) >= 11 is 0. The van der Waals surface area contributed by atoms with Crippen LogP contribution in [0.15, 0.2) is 36.8 Å². The molecule has 1 fully saturated rings. The molecular formula is C23H25FN8. The second kappa shape index (κ2) is 9.24. The number of piperidine rings is 1. The van der Waals surface area contributed by atoms with Gasteiger partial charge < -0.3 is 15.1 Å². The van der Waals surface area contributed by atoms with E-state index in [0.717, 1.165) is 31.7 Å². The Morgan fingerprint density at radius 1 is 1.06 bits per heavy atom. The summed E-state index contributed by atoms with van der Waals surface area (Å²) in [6, 6.07) is 6.85. The van der Waals surface area contributed by atoms with Crippen LogP contribution in [-0.4, -0.2) is 60.2 Å². The van der Waals surface area contributed by atoms with Crippen molar-refractivity contribution in [2.75, 3.05) is 44.0 Å². The van der Waals surface area contributed by atoms with Gasteiger partial charge in [-0.1, -0.05) is 6.07 Å². The van der Waals surface area contributed by atoms with Gasteiger partial charge in [-0.3, -0.25) is 0 Å². The average Bonchev–Trinajstić information content (AvgIpc) is 2.83. The van der Waals surface area contributed by atoms with Gasteiger partial charge in [-0.2, -0.15) is 5.26 Å². The lowest BCUT2D eigenvalue weighted by molar-refractivity contribution is 0.440. The van der Waals surface area contributed by atoms with Crippen molar-refractivity contribution in [3.05, 3.63) is 48.2 Å². The average molecular weight is 433 g/mol. The molecule has 8 nitrogen and oxygen atoms in total. The molecule has 0 unspecified atom stereocenters. The Morgan fingerprint density at radius 3 is 2.38 bits per heavy atom. The highest BCUT2D eigenvalue weighted by atomic mass is 19.1. The molecule has 1 aliphatic heterocycles. The number of hydrogen-bond donors (Lipinski definition) is 1. The van der Waals surface area contributed by atoms with Crippen LogP contribution in [0.4, 0.5) is 16.2 Å². The van der Waals surface area contributed by atoms with E-state index < -0.39 is 5.82 Å². The summed E-state index contributed by atoms with van der Waals surface area (Å²) in [7, 11) is 5.72. The number of nitrogens with one attached hydrogen (secondary N) is 1. The molecule has 0 atom stereocenters. The molecule has 1 aromatic carbocycles. The zero-order valence-corrected chi connectivity index (χ0v) is 18.4. The van der Waals surface area contributed by atoms with E-state index in [-0.39, 0.29) is 5.56 Å². The van der Waals surface area contributed by atoms with Crippen molar-refractivity contribution in [3.63, 3.8) is 0 Å². The van der Waals surface area contributed by atoms with Crippen LogP contribution >= 0.6 is 0 Å². The van der Waals surface area contributed by atoms with E-state index in [2.05, 4.69) is 25.2 Å². The predicted octanol–water partition coefficient (Wildman–Crippen LogP) is 2.87. The fourth-order valence-corrected chi connectivity index (χ4v) is 3.77. The minimum atomic E-state index is -0.586. The third-order valence-electron chi connectivity index (χ3n) is 5.66. The number of aromatic nitrogens is 4. The standard InChI is InChI=1S/C23H25FN8/c1-26-18-6-8-32(9-7-18)20-14-27-21(17-12-28-23(29-13-17)31(2)3)22(30-20)15-4-5-16(11-25)19(24)10-15/h4-5,10,12-14,18,26H,6-9H2,1-3H3. The monoisotopic (exact) mass is 432 g/mol. The quantitative estimate of drug-likeness (QED) is 0.658. The third kappa shape index (κ3) is 4.36. The molecule has 1 N–H and O–H groups in total. The lowest BCUT2D eigenvalue weighted by Crippen LogP contribution is -2.41. The first-order valence-electron chi connectivity index (χ1n) is 10.5. The number of anilines is 2. The van der Waals surface area contributed by atoms with Crippen LogP contribution < -0.4 is 15.1 Å². The zero-order chi connectivity index (χ0) is 22.7. The molecule has 4 rings (SSSR count). The minimum absolute atomic E-state index is 0.00720. The number of rotatable bonds is 5.